The van der Waals surface area contributed by atoms with Crippen LogP contribution in [0.2, 0.25) is 0 Å². The number of benzene rings is 1. The van der Waals surface area contributed by atoms with Gasteiger partial charge < -0.3 is 15.5 Å². The van der Waals surface area contributed by atoms with E-state index in [0.717, 1.165) is 13.0 Å². The molecule has 3 N–H and O–H groups in total. The van der Waals surface area contributed by atoms with Crippen molar-refractivity contribution in [1.82, 2.24) is 5.32 Å². The summed E-state index contributed by atoms with van der Waals surface area (Å²) >= 11 is 0. The Bertz CT molecular complexity index is 313. The summed E-state index contributed by atoms with van der Waals surface area (Å²) in [6.07, 6.45) is -0.146. The summed E-state index contributed by atoms with van der Waals surface area (Å²) in [7, 11) is 0. The lowest BCUT2D eigenvalue weighted by molar-refractivity contribution is -0.139. The van der Waals surface area contributed by atoms with Crippen molar-refractivity contribution >= 4 is 5.97 Å². The lowest BCUT2D eigenvalue weighted by Crippen LogP contribution is -2.30. The molecule has 88 valence electrons. The molecule has 0 aliphatic rings. The van der Waals surface area contributed by atoms with Crippen LogP contribution in [0.25, 0.3) is 0 Å². The lowest BCUT2D eigenvalue weighted by Gasteiger charge is -2.09. The zero-order valence-electron chi connectivity index (χ0n) is 9.10. The third-order valence-corrected chi connectivity index (χ3v) is 2.22. The number of nitrogens with one attached hydrogen (secondary N) is 1. The van der Waals surface area contributed by atoms with Gasteiger partial charge in [-0.15, -0.1) is 0 Å². The number of hydrogen-bond acceptors (Lipinski definition) is 3. The Morgan fingerprint density at radius 3 is 2.62 bits per heavy atom. The van der Waals surface area contributed by atoms with Crippen LogP contribution in [0.1, 0.15) is 12.0 Å². The van der Waals surface area contributed by atoms with Crippen LogP contribution in [0.5, 0.6) is 0 Å². The number of aliphatic carboxylic acids is 1. The minimum atomic E-state index is -0.975. The summed E-state index contributed by atoms with van der Waals surface area (Å²) in [4.78, 5) is 10.3. The van der Waals surface area contributed by atoms with Crippen LogP contribution in [0.3, 0.4) is 0 Å². The number of carboxylic acid groups (broad SMARTS) is 1. The molecule has 0 aliphatic carbocycles. The predicted molar refractivity (Wildman–Crippen MR) is 61.3 cm³/mol. The minimum absolute atomic E-state index is 0.210. The predicted octanol–water partition coefficient (Wildman–Crippen LogP) is 0.654. The quantitative estimate of drug-likeness (QED) is 0.594. The average Bonchev–Trinajstić information content (AvgIpc) is 2.25. The monoisotopic (exact) mass is 223 g/mol. The van der Waals surface area contributed by atoms with Gasteiger partial charge in [-0.25, -0.2) is 0 Å². The molecule has 1 atom stereocenters. The van der Waals surface area contributed by atoms with E-state index in [0.29, 0.717) is 6.54 Å². The minimum Gasteiger partial charge on any atom is -0.481 e. The highest BCUT2D eigenvalue weighted by Gasteiger charge is 2.07. The summed E-state index contributed by atoms with van der Waals surface area (Å²) in [5.74, 6) is -0.975. The van der Waals surface area contributed by atoms with Crippen molar-refractivity contribution < 1.29 is 15.0 Å². The van der Waals surface area contributed by atoms with E-state index >= 15 is 0 Å². The van der Waals surface area contributed by atoms with Crippen molar-refractivity contribution in [1.29, 1.82) is 0 Å². The average molecular weight is 223 g/mol. The van der Waals surface area contributed by atoms with Crippen molar-refractivity contribution in [2.75, 3.05) is 13.1 Å². The molecule has 0 saturated carbocycles. The van der Waals surface area contributed by atoms with Gasteiger partial charge in [-0.3, -0.25) is 4.79 Å². The molecule has 16 heavy (non-hydrogen) atoms. The molecule has 1 unspecified atom stereocenters. The van der Waals surface area contributed by atoms with E-state index in [1.807, 2.05) is 30.3 Å². The first kappa shape index (κ1) is 12.7. The molecule has 0 amide bonds. The molecule has 0 radical (unpaired) electrons. The molecule has 4 nitrogen and oxygen atoms in total. The molecule has 0 heterocycles. The molecule has 0 fully saturated rings. The Kier molecular flexibility index (Phi) is 5.53. The van der Waals surface area contributed by atoms with Crippen molar-refractivity contribution in [2.24, 2.45) is 0 Å². The first-order valence-electron chi connectivity index (χ1n) is 5.33. The van der Waals surface area contributed by atoms with Crippen molar-refractivity contribution in [3.63, 3.8) is 0 Å². The van der Waals surface area contributed by atoms with Gasteiger partial charge in [-0.1, -0.05) is 30.3 Å². The molecule has 4 heteroatoms. The van der Waals surface area contributed by atoms with Gasteiger partial charge in [-0.05, 0) is 18.5 Å². The van der Waals surface area contributed by atoms with Crippen LogP contribution in [0.15, 0.2) is 30.3 Å². The zero-order valence-corrected chi connectivity index (χ0v) is 9.10. The Balaban J connectivity index is 2.10. The van der Waals surface area contributed by atoms with Gasteiger partial charge in [0.05, 0.1) is 12.5 Å². The van der Waals surface area contributed by atoms with E-state index in [9.17, 15) is 9.90 Å². The second-order valence-electron chi connectivity index (χ2n) is 3.69. The fourth-order valence-corrected chi connectivity index (χ4v) is 1.42. The molecule has 0 saturated heterocycles. The lowest BCUT2D eigenvalue weighted by atomic mass is 10.1. The topological polar surface area (TPSA) is 69.6 Å². The second-order valence-corrected chi connectivity index (χ2v) is 3.69. The Labute approximate surface area is 94.9 Å². The molecule has 1 aromatic rings. The van der Waals surface area contributed by atoms with Crippen LogP contribution in [-0.2, 0) is 11.2 Å². The highest BCUT2D eigenvalue weighted by Crippen LogP contribution is 1.98. The van der Waals surface area contributed by atoms with Gasteiger partial charge in [0, 0.05) is 6.54 Å². The Morgan fingerprint density at radius 1 is 1.31 bits per heavy atom. The van der Waals surface area contributed by atoms with Crippen LogP contribution >= 0.6 is 0 Å². The van der Waals surface area contributed by atoms with E-state index in [-0.39, 0.29) is 6.42 Å². The maximum absolute atomic E-state index is 10.3. The van der Waals surface area contributed by atoms with Gasteiger partial charge in [0.2, 0.25) is 0 Å². The molecule has 0 aliphatic heterocycles. The van der Waals surface area contributed by atoms with Crippen molar-refractivity contribution in [3.8, 4) is 0 Å². The van der Waals surface area contributed by atoms with E-state index in [1.54, 1.807) is 0 Å². The van der Waals surface area contributed by atoms with Gasteiger partial charge in [0.25, 0.3) is 0 Å². The molecular formula is C12H17NO3. The summed E-state index contributed by atoms with van der Waals surface area (Å²) in [5.41, 5.74) is 1.22. The van der Waals surface area contributed by atoms with Gasteiger partial charge >= 0.3 is 5.97 Å². The Morgan fingerprint density at radius 2 is 2.00 bits per heavy atom. The molecule has 0 bridgehead atoms. The van der Waals surface area contributed by atoms with Gasteiger partial charge in [0.15, 0.2) is 0 Å². The number of carboxylic acids is 1. The maximum Gasteiger partial charge on any atom is 0.306 e. The first-order valence-corrected chi connectivity index (χ1v) is 5.33. The molecule has 1 rings (SSSR count). The maximum atomic E-state index is 10.3. The Hall–Kier alpha value is -1.39. The van der Waals surface area contributed by atoms with Crippen molar-refractivity contribution in [2.45, 2.75) is 18.9 Å². The standard InChI is InChI=1S/C12H17NO3/c14-11(8-12(15)16)9-13-7-6-10-4-2-1-3-5-10/h1-5,11,13-14H,6-9H2,(H,15,16). The number of aliphatic hydroxyl groups excluding tert-OH is 1. The van der Waals surface area contributed by atoms with E-state index in [2.05, 4.69) is 5.32 Å². The smallest absolute Gasteiger partial charge is 0.306 e. The number of aliphatic hydroxyl groups is 1. The number of carbonyl (C=O) groups is 1. The van der Waals surface area contributed by atoms with E-state index in [4.69, 9.17) is 5.11 Å². The van der Waals surface area contributed by atoms with Gasteiger partial charge in [-0.2, -0.15) is 0 Å². The SMILES string of the molecule is O=C(O)CC(O)CNCCc1ccccc1. The van der Waals surface area contributed by atoms with Crippen LogP contribution in [0.4, 0.5) is 0 Å². The summed E-state index contributed by atoms with van der Waals surface area (Å²) in [6, 6.07) is 10.0. The number of hydrogen-bond donors (Lipinski definition) is 3. The van der Waals surface area contributed by atoms with Crippen LogP contribution < -0.4 is 5.32 Å². The van der Waals surface area contributed by atoms with Crippen LogP contribution in [-0.4, -0.2) is 35.4 Å². The fourth-order valence-electron chi connectivity index (χ4n) is 1.42. The molecular weight excluding hydrogens is 206 g/mol. The molecule has 0 aromatic heterocycles. The van der Waals surface area contributed by atoms with E-state index < -0.39 is 12.1 Å². The number of rotatable bonds is 7. The second kappa shape index (κ2) is 6.98. The zero-order chi connectivity index (χ0) is 11.8. The van der Waals surface area contributed by atoms with Gasteiger partial charge in [0.1, 0.15) is 0 Å². The molecule has 1 aromatic carbocycles. The van der Waals surface area contributed by atoms with Crippen LogP contribution in [0, 0.1) is 0 Å². The fraction of sp³-hybridized carbons (Fsp3) is 0.417. The van der Waals surface area contributed by atoms with E-state index in [1.165, 1.54) is 5.56 Å². The summed E-state index contributed by atoms with van der Waals surface area (Å²) < 4.78 is 0. The third-order valence-electron chi connectivity index (χ3n) is 2.22. The first-order chi connectivity index (χ1) is 7.68. The third kappa shape index (κ3) is 5.48. The highest BCUT2D eigenvalue weighted by molar-refractivity contribution is 5.67. The summed E-state index contributed by atoms with van der Waals surface area (Å²) in [5, 5.41) is 20.7. The largest absolute Gasteiger partial charge is 0.481 e. The van der Waals surface area contributed by atoms with Crippen molar-refractivity contribution in [3.05, 3.63) is 35.9 Å². The summed E-state index contributed by atoms with van der Waals surface area (Å²) in [6.45, 7) is 1.06. The molecule has 0 spiro atoms. The highest BCUT2D eigenvalue weighted by atomic mass is 16.4. The normalized spacial score (nSPS) is 12.3.